The van der Waals surface area contributed by atoms with Crippen molar-refractivity contribution < 1.29 is 39.3 Å². The van der Waals surface area contributed by atoms with E-state index in [2.05, 4.69) is 20.9 Å². The summed E-state index contributed by atoms with van der Waals surface area (Å²) in [5.41, 5.74) is 14.2. The molecule has 0 bridgehead atoms. The van der Waals surface area contributed by atoms with Crippen molar-refractivity contribution >= 4 is 40.6 Å². The molecular weight excluding hydrogens is 584 g/mol. The number of aromatic hydroxyl groups is 1. The number of carbonyl (C=O) groups is 5. The molecule has 0 saturated heterocycles. The zero-order valence-electron chi connectivity index (χ0n) is 24.7. The molecule has 3 amide bonds. The molecule has 3 rings (SSSR count). The maximum Gasteiger partial charge on any atom is 0.326 e. The highest BCUT2D eigenvalue weighted by atomic mass is 16.4. The van der Waals surface area contributed by atoms with E-state index in [4.69, 9.17) is 16.6 Å². The third-order valence-corrected chi connectivity index (χ3v) is 7.30. The fourth-order valence-electron chi connectivity index (χ4n) is 4.82. The van der Waals surface area contributed by atoms with Crippen LogP contribution in [0, 0.1) is 0 Å². The van der Waals surface area contributed by atoms with Gasteiger partial charge in [0.15, 0.2) is 0 Å². The number of unbranched alkanes of at least 4 members (excludes halogenated alkanes) is 1. The normalized spacial score (nSPS) is 13.7. The van der Waals surface area contributed by atoms with Crippen LogP contribution < -0.4 is 27.4 Å². The van der Waals surface area contributed by atoms with E-state index in [0.29, 0.717) is 24.9 Å². The number of carbonyl (C=O) groups excluding carboxylic acids is 3. The van der Waals surface area contributed by atoms with Gasteiger partial charge in [-0.05, 0) is 68.0 Å². The van der Waals surface area contributed by atoms with Crippen LogP contribution in [0.25, 0.3) is 10.9 Å². The molecule has 0 fully saturated rings. The van der Waals surface area contributed by atoms with Gasteiger partial charge in [-0.1, -0.05) is 30.3 Å². The molecule has 242 valence electrons. The van der Waals surface area contributed by atoms with Gasteiger partial charge in [0.25, 0.3) is 0 Å². The molecule has 0 radical (unpaired) electrons. The Kier molecular flexibility index (Phi) is 12.9. The van der Waals surface area contributed by atoms with Crippen molar-refractivity contribution in [3.05, 3.63) is 65.9 Å². The molecular formula is C31H40N6O8. The van der Waals surface area contributed by atoms with E-state index in [1.54, 1.807) is 18.3 Å². The second-order valence-corrected chi connectivity index (χ2v) is 10.8. The molecule has 2 aromatic carbocycles. The van der Waals surface area contributed by atoms with Gasteiger partial charge in [-0.2, -0.15) is 0 Å². The molecule has 4 unspecified atom stereocenters. The van der Waals surface area contributed by atoms with Crippen molar-refractivity contribution in [1.82, 2.24) is 20.9 Å². The molecule has 1 aromatic heterocycles. The van der Waals surface area contributed by atoms with Gasteiger partial charge in [0.1, 0.15) is 23.9 Å². The van der Waals surface area contributed by atoms with Gasteiger partial charge in [-0.15, -0.1) is 0 Å². The molecule has 14 nitrogen and oxygen atoms in total. The maximum absolute atomic E-state index is 13.6. The van der Waals surface area contributed by atoms with Gasteiger partial charge in [0.05, 0.1) is 6.04 Å². The Hall–Kier alpha value is -4.95. The quantitative estimate of drug-likeness (QED) is 0.0887. The Labute approximate surface area is 259 Å². The van der Waals surface area contributed by atoms with Crippen molar-refractivity contribution in [3.63, 3.8) is 0 Å². The number of hydrogen-bond acceptors (Lipinski definition) is 8. The first kappa shape index (κ1) is 34.5. The van der Waals surface area contributed by atoms with E-state index in [9.17, 15) is 34.2 Å². The minimum Gasteiger partial charge on any atom is -0.508 e. The summed E-state index contributed by atoms with van der Waals surface area (Å²) in [6, 6.07) is 8.67. The van der Waals surface area contributed by atoms with Crippen molar-refractivity contribution in [3.8, 4) is 5.75 Å². The predicted molar refractivity (Wildman–Crippen MR) is 165 cm³/mol. The number of amides is 3. The monoisotopic (exact) mass is 624 g/mol. The van der Waals surface area contributed by atoms with E-state index in [-0.39, 0.29) is 31.4 Å². The highest BCUT2D eigenvalue weighted by molar-refractivity contribution is 5.94. The molecule has 0 aliphatic carbocycles. The highest BCUT2D eigenvalue weighted by Crippen LogP contribution is 2.19. The largest absolute Gasteiger partial charge is 0.508 e. The van der Waals surface area contributed by atoms with E-state index in [0.717, 1.165) is 16.5 Å². The SMILES string of the molecule is NCCCCC(NC(=O)C(Cc1ccc(O)cc1)NC(=O)C(N)Cc1c[nH]c2ccccc12)C(=O)NC(CCC(=O)O)C(=O)O. The van der Waals surface area contributed by atoms with Gasteiger partial charge < -0.3 is 47.7 Å². The number of phenolic OH excluding ortho intramolecular Hbond substituents is 1. The standard InChI is InChI=1S/C31H40N6O8/c32-14-4-3-7-24(29(42)36-25(31(44)45)12-13-27(39)40)35-30(43)26(15-18-8-10-20(38)11-9-18)37-28(41)22(33)16-19-17-34-23-6-2-1-5-21(19)23/h1-2,5-6,8-11,17,22,24-26,34,38H,3-4,7,12-16,32-33H2,(H,35,43)(H,36,42)(H,37,41)(H,39,40)(H,44,45). The summed E-state index contributed by atoms with van der Waals surface area (Å²) >= 11 is 0. The number of para-hydroxylation sites is 1. The minimum atomic E-state index is -1.49. The number of carboxylic acids is 2. The van der Waals surface area contributed by atoms with Crippen LogP contribution in [0.1, 0.15) is 43.2 Å². The first-order valence-corrected chi connectivity index (χ1v) is 14.6. The van der Waals surface area contributed by atoms with Gasteiger partial charge in [0, 0.05) is 29.9 Å². The topological polar surface area (TPSA) is 250 Å². The average Bonchev–Trinajstić information content (AvgIpc) is 3.41. The Balaban J connectivity index is 1.78. The summed E-state index contributed by atoms with van der Waals surface area (Å²) in [4.78, 5) is 65.8. The third-order valence-electron chi connectivity index (χ3n) is 7.30. The number of rotatable bonds is 18. The zero-order chi connectivity index (χ0) is 32.9. The Morgan fingerprint density at radius 2 is 1.42 bits per heavy atom. The zero-order valence-corrected chi connectivity index (χ0v) is 24.7. The van der Waals surface area contributed by atoms with E-state index >= 15 is 0 Å². The Bertz CT molecular complexity index is 1470. The smallest absolute Gasteiger partial charge is 0.326 e. The summed E-state index contributed by atoms with van der Waals surface area (Å²) in [6.45, 7) is 0.326. The second-order valence-electron chi connectivity index (χ2n) is 10.8. The number of fused-ring (bicyclic) bond motifs is 1. The van der Waals surface area contributed by atoms with Gasteiger partial charge >= 0.3 is 11.9 Å². The van der Waals surface area contributed by atoms with Crippen LogP contribution in [0.2, 0.25) is 0 Å². The molecule has 14 heteroatoms. The number of aromatic nitrogens is 1. The number of benzene rings is 2. The third kappa shape index (κ3) is 10.6. The Morgan fingerprint density at radius 3 is 2.09 bits per heavy atom. The highest BCUT2D eigenvalue weighted by Gasteiger charge is 2.31. The number of nitrogens with one attached hydrogen (secondary N) is 4. The van der Waals surface area contributed by atoms with Crippen LogP contribution >= 0.6 is 0 Å². The number of hydrogen-bond donors (Lipinski definition) is 9. The first-order chi connectivity index (χ1) is 21.5. The van der Waals surface area contributed by atoms with Crippen molar-refractivity contribution in [2.24, 2.45) is 11.5 Å². The number of aromatic amines is 1. The van der Waals surface area contributed by atoms with Crippen LogP contribution in [0.5, 0.6) is 5.75 Å². The summed E-state index contributed by atoms with van der Waals surface area (Å²) in [6.07, 6.45) is 2.16. The summed E-state index contributed by atoms with van der Waals surface area (Å²) < 4.78 is 0. The van der Waals surface area contributed by atoms with Crippen molar-refractivity contribution in [1.29, 1.82) is 0 Å². The van der Waals surface area contributed by atoms with Gasteiger partial charge in [-0.3, -0.25) is 19.2 Å². The number of aliphatic carboxylic acids is 2. The van der Waals surface area contributed by atoms with Crippen LogP contribution in [-0.4, -0.2) is 80.7 Å². The van der Waals surface area contributed by atoms with Crippen LogP contribution in [-0.2, 0) is 36.8 Å². The van der Waals surface area contributed by atoms with Crippen LogP contribution in [0.3, 0.4) is 0 Å². The average molecular weight is 625 g/mol. The lowest BCUT2D eigenvalue weighted by molar-refractivity contribution is -0.143. The molecule has 0 spiro atoms. The number of carboxylic acid groups (broad SMARTS) is 2. The molecule has 11 N–H and O–H groups in total. The molecule has 1 heterocycles. The number of H-pyrrole nitrogens is 1. The Morgan fingerprint density at radius 1 is 0.778 bits per heavy atom. The van der Waals surface area contributed by atoms with Crippen molar-refractivity contribution in [2.45, 2.75) is 69.1 Å². The predicted octanol–water partition coefficient (Wildman–Crippen LogP) is 0.519. The lowest BCUT2D eigenvalue weighted by Gasteiger charge is -2.25. The molecule has 45 heavy (non-hydrogen) atoms. The lowest BCUT2D eigenvalue weighted by Crippen LogP contribution is -2.57. The molecule has 0 saturated carbocycles. The number of nitrogens with two attached hydrogens (primary N) is 2. The van der Waals surface area contributed by atoms with E-state index in [1.165, 1.54) is 12.1 Å². The van der Waals surface area contributed by atoms with Crippen molar-refractivity contribution in [2.75, 3.05) is 6.54 Å². The summed E-state index contributed by atoms with van der Waals surface area (Å²) in [5.74, 6) is -4.78. The fraction of sp³-hybridized carbons (Fsp3) is 0.387. The van der Waals surface area contributed by atoms with Gasteiger partial charge in [0.2, 0.25) is 17.7 Å². The molecule has 3 aromatic rings. The minimum absolute atomic E-state index is 0.00877. The van der Waals surface area contributed by atoms with Crippen LogP contribution in [0.15, 0.2) is 54.7 Å². The molecule has 0 aliphatic heterocycles. The molecule has 4 atom stereocenters. The number of phenols is 1. The fourth-order valence-corrected chi connectivity index (χ4v) is 4.82. The van der Waals surface area contributed by atoms with Gasteiger partial charge in [-0.25, -0.2) is 4.79 Å². The van der Waals surface area contributed by atoms with E-state index < -0.39 is 60.2 Å². The van der Waals surface area contributed by atoms with Crippen LogP contribution in [0.4, 0.5) is 0 Å². The maximum atomic E-state index is 13.6. The second kappa shape index (κ2) is 16.8. The lowest BCUT2D eigenvalue weighted by atomic mass is 10.0. The summed E-state index contributed by atoms with van der Waals surface area (Å²) in [5, 5.41) is 36.6. The molecule has 0 aliphatic rings. The first-order valence-electron chi connectivity index (χ1n) is 14.6. The van der Waals surface area contributed by atoms with E-state index in [1.807, 2.05) is 24.3 Å². The summed E-state index contributed by atoms with van der Waals surface area (Å²) in [7, 11) is 0.